The average Bonchev–Trinajstić information content (AvgIpc) is 2.52. The van der Waals surface area contributed by atoms with Crippen molar-refractivity contribution in [1.82, 2.24) is 0 Å². The lowest BCUT2D eigenvalue weighted by Crippen LogP contribution is -2.46. The molecule has 0 atom stereocenters. The van der Waals surface area contributed by atoms with Crippen molar-refractivity contribution < 1.29 is 22.8 Å². The van der Waals surface area contributed by atoms with Gasteiger partial charge in [-0.2, -0.15) is 0 Å². The minimum Gasteiger partial charge on any atom is -0.462 e. The second kappa shape index (κ2) is 11.1. The molecule has 0 saturated heterocycles. The van der Waals surface area contributed by atoms with Crippen LogP contribution in [0.4, 0.5) is 0 Å². The topological polar surface area (TPSA) is 54.0 Å². The molecule has 130 valence electrons. The molecule has 1 rings (SSSR count). The maximum atomic E-state index is 12.1. The summed E-state index contributed by atoms with van der Waals surface area (Å²) in [5.74, 6) is -0.300. The van der Waals surface area contributed by atoms with Crippen LogP contribution in [0, 0.1) is 3.57 Å². The standard InChI is InChI=1S/C16H25IO5Si/c1-4-20-23(21-5-2,22-6-3)13-9-12-19-16(18)14-10-7-8-11-15(14)17/h7-8,10-11H,4-6,9,12-13H2,1-3H3. The highest BCUT2D eigenvalue weighted by Gasteiger charge is 2.39. The van der Waals surface area contributed by atoms with E-state index in [1.807, 2.05) is 39.0 Å². The third-order valence-corrected chi connectivity index (χ3v) is 7.14. The molecule has 0 spiro atoms. The zero-order valence-electron chi connectivity index (χ0n) is 14.0. The first-order valence-electron chi connectivity index (χ1n) is 7.92. The number of rotatable bonds is 11. The molecule has 0 aliphatic carbocycles. The number of benzene rings is 1. The highest BCUT2D eigenvalue weighted by molar-refractivity contribution is 14.1. The van der Waals surface area contributed by atoms with Crippen molar-refractivity contribution in [3.05, 3.63) is 33.4 Å². The van der Waals surface area contributed by atoms with Crippen LogP contribution in [0.1, 0.15) is 37.6 Å². The van der Waals surface area contributed by atoms with Crippen LogP contribution < -0.4 is 0 Å². The molecule has 5 nitrogen and oxygen atoms in total. The molecule has 0 aromatic heterocycles. The summed E-state index contributed by atoms with van der Waals surface area (Å²) in [6.45, 7) is 7.76. The molecule has 0 amide bonds. The SMILES string of the molecule is CCO[Si](CCCOC(=O)c1ccccc1I)(OCC)OCC. The summed E-state index contributed by atoms with van der Waals surface area (Å²) in [5.41, 5.74) is 0.594. The van der Waals surface area contributed by atoms with Gasteiger partial charge in [0.2, 0.25) is 0 Å². The number of carbonyl (C=O) groups is 1. The molecule has 0 bridgehead atoms. The van der Waals surface area contributed by atoms with Crippen LogP contribution in [0.2, 0.25) is 6.04 Å². The minimum absolute atomic E-state index is 0.300. The molecule has 1 aromatic rings. The Morgan fingerprint density at radius 1 is 1.04 bits per heavy atom. The highest BCUT2D eigenvalue weighted by atomic mass is 127. The average molecular weight is 452 g/mol. The zero-order chi connectivity index (χ0) is 17.1. The molecular formula is C16H25IO5Si. The van der Waals surface area contributed by atoms with Gasteiger partial charge in [-0.05, 0) is 61.9 Å². The van der Waals surface area contributed by atoms with Crippen molar-refractivity contribution in [3.8, 4) is 0 Å². The Labute approximate surface area is 153 Å². The van der Waals surface area contributed by atoms with Crippen molar-refractivity contribution in [1.29, 1.82) is 0 Å². The van der Waals surface area contributed by atoms with E-state index in [1.54, 1.807) is 6.07 Å². The van der Waals surface area contributed by atoms with Gasteiger partial charge in [-0.1, -0.05) is 12.1 Å². The Balaban J connectivity index is 2.50. The molecule has 0 unspecified atom stereocenters. The second-order valence-electron chi connectivity index (χ2n) is 4.70. The van der Waals surface area contributed by atoms with Gasteiger partial charge in [0.1, 0.15) is 0 Å². The number of ether oxygens (including phenoxy) is 1. The molecule has 1 aromatic carbocycles. The van der Waals surface area contributed by atoms with Gasteiger partial charge >= 0.3 is 14.8 Å². The molecule has 0 N–H and O–H groups in total. The predicted octanol–water partition coefficient (Wildman–Crippen LogP) is 3.89. The fraction of sp³-hybridized carbons (Fsp3) is 0.562. The molecule has 0 aliphatic heterocycles. The van der Waals surface area contributed by atoms with E-state index in [0.717, 1.165) is 3.57 Å². The first-order valence-corrected chi connectivity index (χ1v) is 10.9. The molecule has 0 aliphatic rings. The van der Waals surface area contributed by atoms with Crippen molar-refractivity contribution in [2.75, 3.05) is 26.4 Å². The van der Waals surface area contributed by atoms with Crippen molar-refractivity contribution in [3.63, 3.8) is 0 Å². The first kappa shape index (κ1) is 20.6. The predicted molar refractivity (Wildman–Crippen MR) is 99.5 cm³/mol. The van der Waals surface area contributed by atoms with Crippen molar-refractivity contribution >= 4 is 37.4 Å². The number of carbonyl (C=O) groups excluding carboxylic acids is 1. The van der Waals surface area contributed by atoms with Gasteiger partial charge in [-0.3, -0.25) is 0 Å². The van der Waals surface area contributed by atoms with Gasteiger partial charge in [0.25, 0.3) is 0 Å². The van der Waals surface area contributed by atoms with Gasteiger partial charge in [-0.25, -0.2) is 4.79 Å². The molecule has 7 heteroatoms. The summed E-state index contributed by atoms with van der Waals surface area (Å²) in [7, 11) is -2.65. The fourth-order valence-electron chi connectivity index (χ4n) is 2.16. The molecule has 0 fully saturated rings. The number of halogens is 1. The van der Waals surface area contributed by atoms with E-state index in [0.29, 0.717) is 44.5 Å². The van der Waals surface area contributed by atoms with Gasteiger partial charge in [0.15, 0.2) is 0 Å². The summed E-state index contributed by atoms with van der Waals surface area (Å²) < 4.78 is 23.6. The highest BCUT2D eigenvalue weighted by Crippen LogP contribution is 2.19. The molecule has 23 heavy (non-hydrogen) atoms. The van der Waals surface area contributed by atoms with E-state index in [1.165, 1.54) is 0 Å². The maximum absolute atomic E-state index is 12.1. The fourth-order valence-corrected chi connectivity index (χ4v) is 5.35. The molecule has 0 radical (unpaired) electrons. The third-order valence-electron chi connectivity index (χ3n) is 3.05. The van der Waals surface area contributed by atoms with Gasteiger partial charge in [0, 0.05) is 29.4 Å². The van der Waals surface area contributed by atoms with E-state index in [9.17, 15) is 4.79 Å². The van der Waals surface area contributed by atoms with E-state index in [-0.39, 0.29) is 5.97 Å². The van der Waals surface area contributed by atoms with Crippen LogP contribution in [0.5, 0.6) is 0 Å². The lowest BCUT2D eigenvalue weighted by molar-refractivity contribution is 0.0467. The van der Waals surface area contributed by atoms with Crippen molar-refractivity contribution in [2.45, 2.75) is 33.2 Å². The van der Waals surface area contributed by atoms with Gasteiger partial charge in [0.05, 0.1) is 12.2 Å². The molecule has 0 heterocycles. The van der Waals surface area contributed by atoms with Crippen LogP contribution in [0.3, 0.4) is 0 Å². The van der Waals surface area contributed by atoms with Crippen LogP contribution in [-0.2, 0) is 18.0 Å². The summed E-state index contributed by atoms with van der Waals surface area (Å²) in [6.07, 6.45) is 0.654. The van der Waals surface area contributed by atoms with Crippen LogP contribution >= 0.6 is 22.6 Å². The number of esters is 1. The smallest absolute Gasteiger partial charge is 0.462 e. The van der Waals surface area contributed by atoms with Gasteiger partial charge < -0.3 is 18.0 Å². The van der Waals surface area contributed by atoms with E-state index in [4.69, 9.17) is 18.0 Å². The lowest BCUT2D eigenvalue weighted by Gasteiger charge is -2.28. The summed E-state index contributed by atoms with van der Waals surface area (Å²) in [4.78, 5) is 12.1. The monoisotopic (exact) mass is 452 g/mol. The van der Waals surface area contributed by atoms with Crippen molar-refractivity contribution in [2.24, 2.45) is 0 Å². The third kappa shape index (κ3) is 6.88. The van der Waals surface area contributed by atoms with Crippen LogP contribution in [0.15, 0.2) is 24.3 Å². The maximum Gasteiger partial charge on any atom is 0.501 e. The van der Waals surface area contributed by atoms with E-state index in [2.05, 4.69) is 22.6 Å². The quantitative estimate of drug-likeness (QED) is 0.221. The molecular weight excluding hydrogens is 427 g/mol. The van der Waals surface area contributed by atoms with Crippen LogP contribution in [-0.4, -0.2) is 41.2 Å². The van der Waals surface area contributed by atoms with Gasteiger partial charge in [-0.15, -0.1) is 0 Å². The zero-order valence-corrected chi connectivity index (χ0v) is 17.1. The molecule has 0 saturated carbocycles. The first-order chi connectivity index (χ1) is 11.1. The minimum atomic E-state index is -2.65. The Hall–Kier alpha value is -0.483. The summed E-state index contributed by atoms with van der Waals surface area (Å²) in [5, 5.41) is 0. The Kier molecular flexibility index (Phi) is 9.96. The van der Waals surface area contributed by atoms with Crippen LogP contribution in [0.25, 0.3) is 0 Å². The Morgan fingerprint density at radius 2 is 1.61 bits per heavy atom. The Morgan fingerprint density at radius 3 is 2.13 bits per heavy atom. The second-order valence-corrected chi connectivity index (χ2v) is 8.60. The number of hydrogen-bond donors (Lipinski definition) is 0. The number of hydrogen-bond acceptors (Lipinski definition) is 5. The lowest BCUT2D eigenvalue weighted by atomic mass is 10.2. The normalized spacial score (nSPS) is 11.5. The van der Waals surface area contributed by atoms with E-state index < -0.39 is 8.80 Å². The largest absolute Gasteiger partial charge is 0.501 e. The summed E-state index contributed by atoms with van der Waals surface area (Å²) >= 11 is 2.13. The summed E-state index contributed by atoms with van der Waals surface area (Å²) in [6, 6.07) is 8.01. The Bertz CT molecular complexity index is 466. The van der Waals surface area contributed by atoms with E-state index >= 15 is 0 Å².